The van der Waals surface area contributed by atoms with Crippen molar-refractivity contribution in [3.63, 3.8) is 0 Å². The van der Waals surface area contributed by atoms with Crippen molar-refractivity contribution in [2.24, 2.45) is 5.92 Å². The molecular weight excluding hydrogens is 305 g/mol. The molecule has 6 heteroatoms. The largest absolute Gasteiger partial charge is 0.357 e. The van der Waals surface area contributed by atoms with E-state index in [-0.39, 0.29) is 22.7 Å². The number of amides is 1. The predicted molar refractivity (Wildman–Crippen MR) is 84.6 cm³/mol. The van der Waals surface area contributed by atoms with Crippen LogP contribution in [-0.2, 0) is 4.79 Å². The van der Waals surface area contributed by atoms with E-state index < -0.39 is 5.82 Å². The van der Waals surface area contributed by atoms with Crippen LogP contribution in [0.3, 0.4) is 0 Å². The van der Waals surface area contributed by atoms with Crippen LogP contribution in [0, 0.1) is 11.7 Å². The van der Waals surface area contributed by atoms with E-state index in [4.69, 9.17) is 11.6 Å². The van der Waals surface area contributed by atoms with E-state index in [1.807, 2.05) is 11.9 Å². The summed E-state index contributed by atoms with van der Waals surface area (Å²) in [6.45, 7) is 1.41. The van der Waals surface area contributed by atoms with Gasteiger partial charge in [-0.2, -0.15) is 0 Å². The number of aromatic nitrogens is 1. The molecule has 0 radical (unpaired) electrons. The maximum Gasteiger partial charge on any atom is 0.223 e. The SMILES string of the molecule is CN(CC1CC(=O)N(C2CCCC2)C1)c1ncc(Cl)cc1F. The van der Waals surface area contributed by atoms with Gasteiger partial charge in [0.2, 0.25) is 5.91 Å². The third-order valence-electron chi connectivity index (χ3n) is 4.69. The fourth-order valence-corrected chi connectivity index (χ4v) is 3.81. The molecule has 2 aliphatic rings. The molecule has 0 spiro atoms. The zero-order chi connectivity index (χ0) is 15.7. The van der Waals surface area contributed by atoms with E-state index in [0.717, 1.165) is 19.4 Å². The minimum Gasteiger partial charge on any atom is -0.357 e. The average Bonchev–Trinajstić information content (AvgIpc) is 3.08. The van der Waals surface area contributed by atoms with E-state index in [1.54, 1.807) is 4.90 Å². The molecule has 1 aromatic rings. The smallest absolute Gasteiger partial charge is 0.223 e. The molecule has 1 aliphatic carbocycles. The minimum atomic E-state index is -0.424. The summed E-state index contributed by atoms with van der Waals surface area (Å²) in [4.78, 5) is 20.1. The third-order valence-corrected chi connectivity index (χ3v) is 4.89. The van der Waals surface area contributed by atoms with Gasteiger partial charge in [-0.3, -0.25) is 4.79 Å². The zero-order valence-electron chi connectivity index (χ0n) is 12.8. The molecular formula is C16H21ClFN3O. The summed E-state index contributed by atoms with van der Waals surface area (Å²) < 4.78 is 13.9. The molecule has 0 bridgehead atoms. The highest BCUT2D eigenvalue weighted by Crippen LogP contribution is 2.30. The third kappa shape index (κ3) is 3.19. The number of hydrogen-bond donors (Lipinski definition) is 0. The molecule has 0 aromatic carbocycles. The van der Waals surface area contributed by atoms with Gasteiger partial charge in [-0.15, -0.1) is 0 Å². The first-order valence-corrected chi connectivity index (χ1v) is 8.24. The Hall–Kier alpha value is -1.36. The number of carbonyl (C=O) groups is 1. The van der Waals surface area contributed by atoms with Crippen molar-refractivity contribution in [1.82, 2.24) is 9.88 Å². The van der Waals surface area contributed by atoms with Crippen LogP contribution in [0.2, 0.25) is 5.02 Å². The van der Waals surface area contributed by atoms with Gasteiger partial charge in [-0.05, 0) is 18.9 Å². The Morgan fingerprint density at radius 2 is 2.18 bits per heavy atom. The van der Waals surface area contributed by atoms with Crippen LogP contribution in [-0.4, -0.2) is 42.0 Å². The second kappa shape index (κ2) is 6.41. The summed E-state index contributed by atoms with van der Waals surface area (Å²) in [6, 6.07) is 1.69. The molecule has 1 aliphatic heterocycles. The highest BCUT2D eigenvalue weighted by Gasteiger charge is 2.36. The van der Waals surface area contributed by atoms with E-state index in [1.165, 1.54) is 25.1 Å². The van der Waals surface area contributed by atoms with Gasteiger partial charge in [0.15, 0.2) is 11.6 Å². The van der Waals surface area contributed by atoms with Gasteiger partial charge in [-0.1, -0.05) is 24.4 Å². The van der Waals surface area contributed by atoms with Crippen LogP contribution in [0.1, 0.15) is 32.1 Å². The zero-order valence-corrected chi connectivity index (χ0v) is 13.5. The highest BCUT2D eigenvalue weighted by molar-refractivity contribution is 6.30. The molecule has 1 amide bonds. The number of hydrogen-bond acceptors (Lipinski definition) is 3. The summed E-state index contributed by atoms with van der Waals surface area (Å²) in [5.41, 5.74) is 0. The molecule has 2 fully saturated rings. The Kier molecular flexibility index (Phi) is 4.52. The number of likely N-dealkylation sites (tertiary alicyclic amines) is 1. The monoisotopic (exact) mass is 325 g/mol. The molecule has 1 aromatic heterocycles. The Labute approximate surface area is 135 Å². The van der Waals surface area contributed by atoms with Gasteiger partial charge < -0.3 is 9.80 Å². The lowest BCUT2D eigenvalue weighted by Crippen LogP contribution is -2.35. The van der Waals surface area contributed by atoms with Crippen molar-refractivity contribution in [3.8, 4) is 0 Å². The lowest BCUT2D eigenvalue weighted by molar-refractivity contribution is -0.129. The van der Waals surface area contributed by atoms with Crippen molar-refractivity contribution in [2.75, 3.05) is 25.0 Å². The fourth-order valence-electron chi connectivity index (χ4n) is 3.66. The number of carbonyl (C=O) groups excluding carboxylic acids is 1. The van der Waals surface area contributed by atoms with Crippen LogP contribution in [0.4, 0.5) is 10.2 Å². The Bertz CT molecular complexity index is 562. The van der Waals surface area contributed by atoms with Crippen molar-refractivity contribution in [2.45, 2.75) is 38.1 Å². The average molecular weight is 326 g/mol. The topological polar surface area (TPSA) is 36.4 Å². The Morgan fingerprint density at radius 1 is 1.45 bits per heavy atom. The highest BCUT2D eigenvalue weighted by atomic mass is 35.5. The molecule has 120 valence electrons. The second-order valence-electron chi connectivity index (χ2n) is 6.39. The number of anilines is 1. The van der Waals surface area contributed by atoms with E-state index in [0.29, 0.717) is 19.0 Å². The van der Waals surface area contributed by atoms with E-state index in [9.17, 15) is 9.18 Å². The Morgan fingerprint density at radius 3 is 2.86 bits per heavy atom. The molecule has 1 saturated heterocycles. The molecule has 4 nitrogen and oxygen atoms in total. The summed E-state index contributed by atoms with van der Waals surface area (Å²) in [5, 5.41) is 0.290. The van der Waals surface area contributed by atoms with Crippen molar-refractivity contribution in [3.05, 3.63) is 23.1 Å². The van der Waals surface area contributed by atoms with E-state index >= 15 is 0 Å². The van der Waals surface area contributed by atoms with Crippen molar-refractivity contribution >= 4 is 23.3 Å². The fraction of sp³-hybridized carbons (Fsp3) is 0.625. The van der Waals surface area contributed by atoms with Crippen LogP contribution in [0.15, 0.2) is 12.3 Å². The van der Waals surface area contributed by atoms with Crippen LogP contribution in [0.25, 0.3) is 0 Å². The molecule has 2 heterocycles. The molecule has 1 atom stereocenters. The maximum absolute atomic E-state index is 13.9. The second-order valence-corrected chi connectivity index (χ2v) is 6.83. The van der Waals surface area contributed by atoms with Gasteiger partial charge in [0.1, 0.15) is 0 Å². The number of halogens is 2. The number of pyridine rings is 1. The lowest BCUT2D eigenvalue weighted by Gasteiger charge is -2.25. The maximum atomic E-state index is 13.9. The van der Waals surface area contributed by atoms with Gasteiger partial charge in [0.05, 0.1) is 5.02 Å². The first-order chi connectivity index (χ1) is 10.5. The van der Waals surface area contributed by atoms with Gasteiger partial charge in [0.25, 0.3) is 0 Å². The molecule has 1 saturated carbocycles. The van der Waals surface area contributed by atoms with Crippen LogP contribution < -0.4 is 4.90 Å². The standard InChI is InChI=1S/C16H21ClFN3O/c1-20(16-14(18)7-12(17)8-19-16)9-11-6-15(22)21(10-11)13-4-2-3-5-13/h7-8,11,13H,2-6,9-10H2,1H3. The first-order valence-electron chi connectivity index (χ1n) is 7.86. The predicted octanol–water partition coefficient (Wildman–Crippen LogP) is 3.10. The van der Waals surface area contributed by atoms with Crippen molar-refractivity contribution < 1.29 is 9.18 Å². The summed E-state index contributed by atoms with van der Waals surface area (Å²) >= 11 is 5.73. The normalized spacial score (nSPS) is 22.6. The molecule has 1 unspecified atom stereocenters. The lowest BCUT2D eigenvalue weighted by atomic mass is 10.1. The summed E-state index contributed by atoms with van der Waals surface area (Å²) in [7, 11) is 1.81. The summed E-state index contributed by atoms with van der Waals surface area (Å²) in [6.07, 6.45) is 6.69. The quantitative estimate of drug-likeness (QED) is 0.853. The Balaban J connectivity index is 1.62. The molecule has 0 N–H and O–H groups in total. The molecule has 22 heavy (non-hydrogen) atoms. The minimum absolute atomic E-state index is 0.231. The van der Waals surface area contributed by atoms with Gasteiger partial charge >= 0.3 is 0 Å². The summed E-state index contributed by atoms with van der Waals surface area (Å²) in [5.74, 6) is 0.341. The van der Waals surface area contributed by atoms with Gasteiger partial charge in [0, 0.05) is 44.7 Å². The van der Waals surface area contributed by atoms with Crippen LogP contribution >= 0.6 is 11.6 Å². The molecule has 3 rings (SSSR count). The first kappa shape index (κ1) is 15.5. The van der Waals surface area contributed by atoms with Crippen molar-refractivity contribution in [1.29, 1.82) is 0 Å². The van der Waals surface area contributed by atoms with Gasteiger partial charge in [-0.25, -0.2) is 9.37 Å². The number of nitrogens with zero attached hydrogens (tertiary/aromatic N) is 3. The van der Waals surface area contributed by atoms with E-state index in [2.05, 4.69) is 4.98 Å². The number of rotatable bonds is 4. The van der Waals surface area contributed by atoms with Crippen LogP contribution in [0.5, 0.6) is 0 Å².